The van der Waals surface area contributed by atoms with Gasteiger partial charge in [-0.1, -0.05) is 23.2 Å². The van der Waals surface area contributed by atoms with Crippen LogP contribution in [0.1, 0.15) is 19.3 Å². The Labute approximate surface area is 188 Å². The van der Waals surface area contributed by atoms with Crippen LogP contribution in [0.25, 0.3) is 0 Å². The van der Waals surface area contributed by atoms with Gasteiger partial charge >= 0.3 is 0 Å². The van der Waals surface area contributed by atoms with E-state index in [1.54, 1.807) is 18.3 Å². The van der Waals surface area contributed by atoms with Crippen molar-refractivity contribution < 1.29 is 9.84 Å². The molecule has 1 aromatic carbocycles. The smallest absolute Gasteiger partial charge is 0.224 e. The number of aliphatic hydroxyl groups is 1. The van der Waals surface area contributed by atoms with Crippen molar-refractivity contribution in [1.82, 2.24) is 14.9 Å². The Kier molecular flexibility index (Phi) is 8.81. The van der Waals surface area contributed by atoms with E-state index in [1.165, 1.54) is 0 Å². The number of benzene rings is 1. The lowest BCUT2D eigenvalue weighted by atomic mass is 10.1. The molecule has 1 saturated heterocycles. The van der Waals surface area contributed by atoms with Crippen molar-refractivity contribution in [2.24, 2.45) is 0 Å². The Balaban J connectivity index is 1.34. The number of piperidine rings is 1. The molecule has 0 aliphatic carbocycles. The Morgan fingerprint density at radius 3 is 2.77 bits per heavy atom. The zero-order chi connectivity index (χ0) is 21.3. The van der Waals surface area contributed by atoms with E-state index in [0.29, 0.717) is 22.5 Å². The number of rotatable bonds is 10. The van der Waals surface area contributed by atoms with E-state index in [4.69, 9.17) is 33.0 Å². The molecular formula is C21H29Cl2N5O2. The van der Waals surface area contributed by atoms with Crippen molar-refractivity contribution in [2.45, 2.75) is 25.4 Å². The van der Waals surface area contributed by atoms with Gasteiger partial charge in [0.25, 0.3) is 0 Å². The van der Waals surface area contributed by atoms with Gasteiger partial charge in [0.15, 0.2) is 0 Å². The molecule has 1 fully saturated rings. The second-order valence-corrected chi connectivity index (χ2v) is 8.21. The molecule has 7 nitrogen and oxygen atoms in total. The van der Waals surface area contributed by atoms with Crippen molar-refractivity contribution in [3.8, 4) is 5.75 Å². The lowest BCUT2D eigenvalue weighted by Crippen LogP contribution is -2.39. The first kappa shape index (κ1) is 22.9. The molecule has 2 aromatic rings. The molecule has 30 heavy (non-hydrogen) atoms. The van der Waals surface area contributed by atoms with Gasteiger partial charge in [0.1, 0.15) is 17.7 Å². The summed E-state index contributed by atoms with van der Waals surface area (Å²) < 4.78 is 6.05. The van der Waals surface area contributed by atoms with Crippen molar-refractivity contribution in [3.63, 3.8) is 0 Å². The van der Waals surface area contributed by atoms with E-state index in [9.17, 15) is 0 Å². The average Bonchev–Trinajstić information content (AvgIpc) is 2.75. The number of hydrogen-bond donors (Lipinski definition) is 2. The van der Waals surface area contributed by atoms with Gasteiger partial charge in [0.2, 0.25) is 5.95 Å². The first-order chi connectivity index (χ1) is 14.5. The minimum Gasteiger partial charge on any atom is -0.490 e. The third-order valence-corrected chi connectivity index (χ3v) is 5.87. The van der Waals surface area contributed by atoms with Gasteiger partial charge in [-0.05, 0) is 44.0 Å². The van der Waals surface area contributed by atoms with Gasteiger partial charge in [0.05, 0.1) is 16.7 Å². The summed E-state index contributed by atoms with van der Waals surface area (Å²) >= 11 is 12.0. The van der Waals surface area contributed by atoms with Crippen LogP contribution in [0.4, 0.5) is 11.8 Å². The van der Waals surface area contributed by atoms with Gasteiger partial charge < -0.3 is 25.0 Å². The van der Waals surface area contributed by atoms with Crippen LogP contribution in [0.5, 0.6) is 5.75 Å². The van der Waals surface area contributed by atoms with Gasteiger partial charge in [-0.25, -0.2) is 4.98 Å². The molecule has 0 atom stereocenters. The van der Waals surface area contributed by atoms with E-state index in [2.05, 4.69) is 20.2 Å². The maximum absolute atomic E-state index is 9.05. The Morgan fingerprint density at radius 2 is 2.03 bits per heavy atom. The maximum atomic E-state index is 9.05. The third kappa shape index (κ3) is 6.87. The van der Waals surface area contributed by atoms with E-state index >= 15 is 0 Å². The largest absolute Gasteiger partial charge is 0.490 e. The first-order valence-corrected chi connectivity index (χ1v) is 11.0. The SMILES string of the molecule is CN(CCO)c1ccnc(NCCCN2CCC(Oc3ccc(Cl)c(Cl)c3)CC2)n1. The van der Waals surface area contributed by atoms with Crippen LogP contribution in [0.3, 0.4) is 0 Å². The summed E-state index contributed by atoms with van der Waals surface area (Å²) in [5.74, 6) is 2.19. The predicted molar refractivity (Wildman–Crippen MR) is 122 cm³/mol. The number of hydrogen-bond acceptors (Lipinski definition) is 7. The van der Waals surface area contributed by atoms with Gasteiger partial charge in [0, 0.05) is 45.5 Å². The van der Waals surface area contributed by atoms with Crippen molar-refractivity contribution >= 4 is 35.0 Å². The summed E-state index contributed by atoms with van der Waals surface area (Å²) in [6, 6.07) is 7.25. The number of halogens is 2. The normalized spacial score (nSPS) is 15.2. The lowest BCUT2D eigenvalue weighted by Gasteiger charge is -2.32. The quantitative estimate of drug-likeness (QED) is 0.532. The lowest BCUT2D eigenvalue weighted by molar-refractivity contribution is 0.100. The molecule has 0 spiro atoms. The first-order valence-electron chi connectivity index (χ1n) is 10.3. The fraction of sp³-hybridized carbons (Fsp3) is 0.524. The van der Waals surface area contributed by atoms with Crippen molar-refractivity contribution in [1.29, 1.82) is 0 Å². The minimum absolute atomic E-state index is 0.0957. The van der Waals surface area contributed by atoms with Crippen molar-refractivity contribution in [2.75, 3.05) is 56.6 Å². The van der Waals surface area contributed by atoms with E-state index in [1.807, 2.05) is 24.1 Å². The number of nitrogens with zero attached hydrogens (tertiary/aromatic N) is 4. The van der Waals surface area contributed by atoms with E-state index in [-0.39, 0.29) is 12.7 Å². The summed E-state index contributed by atoms with van der Waals surface area (Å²) in [5, 5.41) is 13.4. The molecule has 1 aliphatic heterocycles. The summed E-state index contributed by atoms with van der Waals surface area (Å²) in [7, 11) is 1.90. The highest BCUT2D eigenvalue weighted by molar-refractivity contribution is 6.42. The minimum atomic E-state index is 0.0957. The standard InChI is InChI=1S/C21H29Cl2N5O2/c1-27(13-14-29)20-5-9-25-21(26-20)24-8-2-10-28-11-6-16(7-12-28)30-17-3-4-18(22)19(23)15-17/h3-5,9,15-16,29H,2,6-8,10-14H2,1H3,(H,24,25,26). The molecule has 3 rings (SSSR count). The number of nitrogens with one attached hydrogen (secondary N) is 1. The van der Waals surface area contributed by atoms with Gasteiger partial charge in [-0.15, -0.1) is 0 Å². The van der Waals surface area contributed by atoms with Crippen LogP contribution in [0.2, 0.25) is 10.0 Å². The Hall–Kier alpha value is -1.80. The number of aromatic nitrogens is 2. The van der Waals surface area contributed by atoms with Crippen LogP contribution < -0.4 is 15.0 Å². The van der Waals surface area contributed by atoms with Crippen LogP contribution in [0.15, 0.2) is 30.5 Å². The molecule has 0 amide bonds. The molecule has 0 unspecified atom stereocenters. The second kappa shape index (κ2) is 11.6. The average molecular weight is 454 g/mol. The number of anilines is 2. The molecule has 0 bridgehead atoms. The third-order valence-electron chi connectivity index (χ3n) is 5.13. The van der Waals surface area contributed by atoms with E-state index in [0.717, 1.165) is 57.0 Å². The maximum Gasteiger partial charge on any atom is 0.224 e. The molecule has 1 aliphatic rings. The van der Waals surface area contributed by atoms with Gasteiger partial charge in [-0.3, -0.25) is 0 Å². The predicted octanol–water partition coefficient (Wildman–Crippen LogP) is 3.56. The zero-order valence-electron chi connectivity index (χ0n) is 17.2. The van der Waals surface area contributed by atoms with Crippen molar-refractivity contribution in [3.05, 3.63) is 40.5 Å². The molecule has 2 N–H and O–H groups in total. The monoisotopic (exact) mass is 453 g/mol. The summed E-state index contributed by atoms with van der Waals surface area (Å²) in [6.45, 7) is 4.51. The molecule has 2 heterocycles. The van der Waals surface area contributed by atoms with Crippen LogP contribution >= 0.6 is 23.2 Å². The summed E-state index contributed by atoms with van der Waals surface area (Å²) in [5.41, 5.74) is 0. The zero-order valence-corrected chi connectivity index (χ0v) is 18.7. The molecule has 0 saturated carbocycles. The molecule has 0 radical (unpaired) electrons. The highest BCUT2D eigenvalue weighted by Gasteiger charge is 2.20. The summed E-state index contributed by atoms with van der Waals surface area (Å²) in [6.07, 6.45) is 4.95. The van der Waals surface area contributed by atoms with Crippen LogP contribution in [-0.4, -0.2) is 72.5 Å². The number of likely N-dealkylation sites (N-methyl/N-ethyl adjacent to an activating group) is 1. The second-order valence-electron chi connectivity index (χ2n) is 7.40. The molecular weight excluding hydrogens is 425 g/mol. The number of ether oxygens (including phenoxy) is 1. The molecule has 9 heteroatoms. The number of aliphatic hydroxyl groups excluding tert-OH is 1. The topological polar surface area (TPSA) is 73.8 Å². The fourth-order valence-electron chi connectivity index (χ4n) is 3.41. The Morgan fingerprint density at radius 1 is 1.23 bits per heavy atom. The van der Waals surface area contributed by atoms with Crippen LogP contribution in [-0.2, 0) is 0 Å². The van der Waals surface area contributed by atoms with Crippen LogP contribution in [0, 0.1) is 0 Å². The highest BCUT2D eigenvalue weighted by Crippen LogP contribution is 2.28. The van der Waals surface area contributed by atoms with Gasteiger partial charge in [-0.2, -0.15) is 4.98 Å². The molecule has 1 aromatic heterocycles. The molecule has 164 valence electrons. The fourth-order valence-corrected chi connectivity index (χ4v) is 3.70. The number of likely N-dealkylation sites (tertiary alicyclic amines) is 1. The van der Waals surface area contributed by atoms with E-state index < -0.39 is 0 Å². The summed E-state index contributed by atoms with van der Waals surface area (Å²) in [4.78, 5) is 13.1. The Bertz CT molecular complexity index is 803. The highest BCUT2D eigenvalue weighted by atomic mass is 35.5.